The van der Waals surface area contributed by atoms with Gasteiger partial charge in [0.05, 0.1) is 11.8 Å². The smallest absolute Gasteiger partial charge is 0.272 e. The second-order valence-corrected chi connectivity index (χ2v) is 6.02. The fourth-order valence-electron chi connectivity index (χ4n) is 2.15. The monoisotopic (exact) mass is 394 g/mol. The molecule has 0 saturated carbocycles. The largest absolute Gasteiger partial charge is 0.457 e. The first-order chi connectivity index (χ1) is 12.2. The second kappa shape index (κ2) is 8.26. The minimum atomic E-state index is -0.277. The highest BCUT2D eigenvalue weighted by molar-refractivity contribution is 9.10. The summed E-state index contributed by atoms with van der Waals surface area (Å²) in [4.78, 5) is 12.1. The number of hydrogen-bond acceptors (Lipinski definition) is 3. The van der Waals surface area contributed by atoms with E-state index >= 15 is 0 Å². The van der Waals surface area contributed by atoms with Gasteiger partial charge in [-0.1, -0.05) is 42.5 Å². The summed E-state index contributed by atoms with van der Waals surface area (Å²) in [6, 6.07) is 24.2. The van der Waals surface area contributed by atoms with Crippen LogP contribution < -0.4 is 10.2 Å². The summed E-state index contributed by atoms with van der Waals surface area (Å²) in [7, 11) is 0. The van der Waals surface area contributed by atoms with Gasteiger partial charge in [0.2, 0.25) is 0 Å². The van der Waals surface area contributed by atoms with Crippen molar-refractivity contribution in [3.63, 3.8) is 0 Å². The maximum atomic E-state index is 12.1. The second-order valence-electron chi connectivity index (χ2n) is 5.17. The lowest BCUT2D eigenvalue weighted by molar-refractivity contribution is 0.0954. The molecule has 25 heavy (non-hydrogen) atoms. The molecule has 0 heterocycles. The molecule has 3 aromatic rings. The van der Waals surface area contributed by atoms with Gasteiger partial charge in [-0.3, -0.25) is 4.79 Å². The first-order valence-electron chi connectivity index (χ1n) is 7.63. The fourth-order valence-corrected chi connectivity index (χ4v) is 2.62. The highest BCUT2D eigenvalue weighted by Gasteiger charge is 2.07. The van der Waals surface area contributed by atoms with Crippen molar-refractivity contribution >= 4 is 28.1 Å². The number of hydrogen-bond donors (Lipinski definition) is 1. The van der Waals surface area contributed by atoms with E-state index in [0.717, 1.165) is 15.8 Å². The Balaban J connectivity index is 1.65. The van der Waals surface area contributed by atoms with Crippen LogP contribution in [0, 0.1) is 0 Å². The van der Waals surface area contributed by atoms with Crippen LogP contribution in [-0.4, -0.2) is 12.1 Å². The predicted molar refractivity (Wildman–Crippen MR) is 102 cm³/mol. The third-order valence-electron chi connectivity index (χ3n) is 3.34. The van der Waals surface area contributed by atoms with Crippen molar-refractivity contribution in [1.29, 1.82) is 0 Å². The Bertz CT molecular complexity index is 895. The average Bonchev–Trinajstić information content (AvgIpc) is 2.63. The van der Waals surface area contributed by atoms with Crippen LogP contribution in [0.3, 0.4) is 0 Å². The topological polar surface area (TPSA) is 50.7 Å². The summed E-state index contributed by atoms with van der Waals surface area (Å²) in [5.74, 6) is 1.19. The number of carbonyl (C=O) groups excluding carboxylic acids is 1. The molecule has 0 atom stereocenters. The quantitative estimate of drug-likeness (QED) is 0.488. The number of hydrazone groups is 1. The van der Waals surface area contributed by atoms with Crippen molar-refractivity contribution in [3.8, 4) is 11.5 Å². The summed E-state index contributed by atoms with van der Waals surface area (Å²) in [5.41, 5.74) is 3.87. The fraction of sp³-hybridized carbons (Fsp3) is 0. The Labute approximate surface area is 154 Å². The van der Waals surface area contributed by atoms with Gasteiger partial charge < -0.3 is 4.74 Å². The number of carbonyl (C=O) groups is 1. The van der Waals surface area contributed by atoms with Gasteiger partial charge in [0, 0.05) is 4.47 Å². The summed E-state index contributed by atoms with van der Waals surface area (Å²) >= 11 is 3.35. The maximum absolute atomic E-state index is 12.1. The number of amides is 1. The van der Waals surface area contributed by atoms with Crippen molar-refractivity contribution in [1.82, 2.24) is 5.43 Å². The minimum absolute atomic E-state index is 0.277. The van der Waals surface area contributed by atoms with E-state index in [9.17, 15) is 4.79 Å². The molecule has 0 aliphatic carbocycles. The number of rotatable bonds is 5. The minimum Gasteiger partial charge on any atom is -0.457 e. The van der Waals surface area contributed by atoms with Crippen LogP contribution in [0.5, 0.6) is 11.5 Å². The standard InChI is InChI=1S/C20H15BrN2O2/c21-19-12-5-4-11-18(19)20(24)23-22-14-15-7-6-10-17(13-15)25-16-8-2-1-3-9-16/h1-14H,(H,23,24)/b22-14-. The van der Waals surface area contributed by atoms with Crippen LogP contribution in [0.25, 0.3) is 0 Å². The summed E-state index contributed by atoms with van der Waals surface area (Å²) in [5, 5.41) is 4.01. The van der Waals surface area contributed by atoms with E-state index in [1.165, 1.54) is 0 Å². The number of nitrogens with zero attached hydrogens (tertiary/aromatic N) is 1. The molecule has 1 amide bonds. The lowest BCUT2D eigenvalue weighted by Gasteiger charge is -2.06. The van der Waals surface area contributed by atoms with Crippen molar-refractivity contribution in [3.05, 3.63) is 94.5 Å². The van der Waals surface area contributed by atoms with E-state index in [1.54, 1.807) is 18.3 Å². The average molecular weight is 395 g/mol. The molecule has 1 N–H and O–H groups in total. The Kier molecular flexibility index (Phi) is 5.59. The molecule has 0 aromatic heterocycles. The van der Waals surface area contributed by atoms with Gasteiger partial charge >= 0.3 is 0 Å². The third kappa shape index (κ3) is 4.78. The number of ether oxygens (including phenoxy) is 1. The number of halogens is 1. The van der Waals surface area contributed by atoms with Gasteiger partial charge in [0.1, 0.15) is 11.5 Å². The van der Waals surface area contributed by atoms with E-state index in [4.69, 9.17) is 4.74 Å². The summed E-state index contributed by atoms with van der Waals surface area (Å²) in [6.07, 6.45) is 1.58. The van der Waals surface area contributed by atoms with Crippen LogP contribution in [0.4, 0.5) is 0 Å². The normalized spacial score (nSPS) is 10.6. The van der Waals surface area contributed by atoms with Gasteiger partial charge in [-0.05, 0) is 57.9 Å². The lowest BCUT2D eigenvalue weighted by Crippen LogP contribution is -2.18. The molecule has 0 saturated heterocycles. The molecule has 3 aromatic carbocycles. The molecule has 0 unspecified atom stereocenters. The van der Waals surface area contributed by atoms with E-state index in [2.05, 4.69) is 26.5 Å². The number of benzene rings is 3. The van der Waals surface area contributed by atoms with Crippen LogP contribution in [-0.2, 0) is 0 Å². The molecule has 0 fully saturated rings. The highest BCUT2D eigenvalue weighted by atomic mass is 79.9. The van der Waals surface area contributed by atoms with Crippen molar-refractivity contribution in [2.24, 2.45) is 5.10 Å². The van der Waals surface area contributed by atoms with E-state index in [0.29, 0.717) is 11.3 Å². The molecule has 5 heteroatoms. The molecule has 0 bridgehead atoms. The maximum Gasteiger partial charge on any atom is 0.272 e. The summed E-state index contributed by atoms with van der Waals surface area (Å²) < 4.78 is 6.50. The van der Waals surface area contributed by atoms with Crippen molar-refractivity contribution in [2.45, 2.75) is 0 Å². The summed E-state index contributed by atoms with van der Waals surface area (Å²) in [6.45, 7) is 0. The predicted octanol–water partition coefficient (Wildman–Crippen LogP) is 5.01. The molecule has 3 rings (SSSR count). The Morgan fingerprint density at radius 3 is 2.44 bits per heavy atom. The van der Waals surface area contributed by atoms with Crippen molar-refractivity contribution in [2.75, 3.05) is 0 Å². The molecule has 4 nitrogen and oxygen atoms in total. The van der Waals surface area contributed by atoms with E-state index in [1.807, 2.05) is 66.7 Å². The molecule has 0 radical (unpaired) electrons. The molecule has 0 aliphatic heterocycles. The Morgan fingerprint density at radius 1 is 0.920 bits per heavy atom. The zero-order valence-electron chi connectivity index (χ0n) is 13.2. The molecule has 0 spiro atoms. The first kappa shape index (κ1) is 16.9. The third-order valence-corrected chi connectivity index (χ3v) is 4.03. The zero-order valence-corrected chi connectivity index (χ0v) is 14.8. The van der Waals surface area contributed by atoms with Gasteiger partial charge in [-0.2, -0.15) is 5.10 Å². The van der Waals surface area contributed by atoms with Gasteiger partial charge in [0.25, 0.3) is 5.91 Å². The zero-order chi connectivity index (χ0) is 17.5. The molecule has 124 valence electrons. The Hall–Kier alpha value is -2.92. The van der Waals surface area contributed by atoms with Gasteiger partial charge in [-0.15, -0.1) is 0 Å². The van der Waals surface area contributed by atoms with Crippen LogP contribution in [0.1, 0.15) is 15.9 Å². The molecular weight excluding hydrogens is 380 g/mol. The van der Waals surface area contributed by atoms with E-state index < -0.39 is 0 Å². The first-order valence-corrected chi connectivity index (χ1v) is 8.42. The number of nitrogens with one attached hydrogen (secondary N) is 1. The van der Waals surface area contributed by atoms with Crippen LogP contribution in [0.2, 0.25) is 0 Å². The number of para-hydroxylation sites is 1. The Morgan fingerprint density at radius 2 is 1.64 bits per heavy atom. The SMILES string of the molecule is O=C(N/N=C\c1cccc(Oc2ccccc2)c1)c1ccccc1Br. The molecular formula is C20H15BrN2O2. The van der Waals surface area contributed by atoms with Gasteiger partial charge in [0.15, 0.2) is 0 Å². The van der Waals surface area contributed by atoms with Crippen LogP contribution >= 0.6 is 15.9 Å². The van der Waals surface area contributed by atoms with Gasteiger partial charge in [-0.25, -0.2) is 5.43 Å². The molecule has 0 aliphatic rings. The van der Waals surface area contributed by atoms with Crippen molar-refractivity contribution < 1.29 is 9.53 Å². The lowest BCUT2D eigenvalue weighted by atomic mass is 10.2. The van der Waals surface area contributed by atoms with Crippen LogP contribution in [0.15, 0.2) is 88.4 Å². The van der Waals surface area contributed by atoms with E-state index in [-0.39, 0.29) is 5.91 Å². The highest BCUT2D eigenvalue weighted by Crippen LogP contribution is 2.21.